The predicted molar refractivity (Wildman–Crippen MR) is 125 cm³/mol. The van der Waals surface area contributed by atoms with Crippen molar-refractivity contribution in [1.29, 1.82) is 0 Å². The highest BCUT2D eigenvalue weighted by Crippen LogP contribution is 2.25. The molecule has 1 saturated heterocycles. The maximum absolute atomic E-state index is 10.9. The van der Waals surface area contributed by atoms with E-state index >= 15 is 0 Å². The van der Waals surface area contributed by atoms with Gasteiger partial charge < -0.3 is 24.8 Å². The molecular weight excluding hydrogens is 444 g/mol. The summed E-state index contributed by atoms with van der Waals surface area (Å²) >= 11 is 0. The van der Waals surface area contributed by atoms with Gasteiger partial charge in [-0.1, -0.05) is 0 Å². The molecule has 0 unspecified atom stereocenters. The van der Waals surface area contributed by atoms with Crippen LogP contribution in [0.5, 0.6) is 11.5 Å². The molecule has 2 heterocycles. The molecule has 3 N–H and O–H groups in total. The van der Waals surface area contributed by atoms with Crippen LogP contribution < -0.4 is 20.4 Å². The molecule has 3 aromatic rings. The fraction of sp³-hybridized carbons (Fsp3) is 0.238. The van der Waals surface area contributed by atoms with Crippen molar-refractivity contribution in [3.05, 3.63) is 58.1 Å². The average Bonchev–Trinajstić information content (AvgIpc) is 2.85. The summed E-state index contributed by atoms with van der Waals surface area (Å²) in [6, 6.07) is 10.8. The number of anilines is 4. The number of methoxy groups -OCH3 is 1. The summed E-state index contributed by atoms with van der Waals surface area (Å²) in [5.74, 6) is 1.22. The third-order valence-corrected chi connectivity index (χ3v) is 4.83. The summed E-state index contributed by atoms with van der Waals surface area (Å²) in [5.41, 5.74) is 3.97. The van der Waals surface area contributed by atoms with E-state index in [-0.39, 0.29) is 23.3 Å². The average molecular weight is 466 g/mol. The first-order chi connectivity index (χ1) is 16.5. The van der Waals surface area contributed by atoms with E-state index in [2.05, 4.69) is 30.8 Å². The summed E-state index contributed by atoms with van der Waals surface area (Å²) in [4.78, 5) is 25.6. The first-order valence-corrected chi connectivity index (χ1v) is 10.3. The van der Waals surface area contributed by atoms with E-state index in [0.29, 0.717) is 49.3 Å². The lowest BCUT2D eigenvalue weighted by molar-refractivity contribution is -0.384. The van der Waals surface area contributed by atoms with Crippen molar-refractivity contribution in [2.75, 3.05) is 49.1 Å². The van der Waals surface area contributed by atoms with Gasteiger partial charge in [0, 0.05) is 30.9 Å². The van der Waals surface area contributed by atoms with Gasteiger partial charge >= 0.3 is 0 Å². The molecule has 176 valence electrons. The number of phenols is 1. The van der Waals surface area contributed by atoms with E-state index in [9.17, 15) is 15.2 Å². The molecule has 0 amide bonds. The zero-order valence-electron chi connectivity index (χ0n) is 18.2. The van der Waals surface area contributed by atoms with E-state index in [1.54, 1.807) is 24.3 Å². The summed E-state index contributed by atoms with van der Waals surface area (Å²) in [7, 11) is 1.47. The minimum Gasteiger partial charge on any atom is -0.504 e. The minimum absolute atomic E-state index is 0.00389. The van der Waals surface area contributed by atoms with Crippen molar-refractivity contribution in [1.82, 2.24) is 15.0 Å². The van der Waals surface area contributed by atoms with Gasteiger partial charge in [-0.3, -0.25) is 10.1 Å². The summed E-state index contributed by atoms with van der Waals surface area (Å²) in [6.07, 6.45) is 1.50. The van der Waals surface area contributed by atoms with Crippen molar-refractivity contribution in [3.8, 4) is 11.5 Å². The number of nitro groups is 1. The Balaban J connectivity index is 1.55. The molecule has 13 heteroatoms. The number of hydrogen-bond acceptors (Lipinski definition) is 12. The molecule has 0 bridgehead atoms. The van der Waals surface area contributed by atoms with Crippen LogP contribution in [-0.4, -0.2) is 64.6 Å². The zero-order chi connectivity index (χ0) is 23.9. The molecule has 1 aliphatic rings. The van der Waals surface area contributed by atoms with Gasteiger partial charge in [-0.05, 0) is 35.9 Å². The molecule has 0 atom stereocenters. The lowest BCUT2D eigenvalue weighted by Crippen LogP contribution is -2.37. The number of rotatable bonds is 8. The van der Waals surface area contributed by atoms with Crippen LogP contribution in [0.4, 0.5) is 29.2 Å². The van der Waals surface area contributed by atoms with Crippen LogP contribution in [0.3, 0.4) is 0 Å². The van der Waals surface area contributed by atoms with Crippen molar-refractivity contribution >= 4 is 35.4 Å². The standard InChI is InChI=1S/C21H22N8O5/c1-33-18-7-2-14(12-17(18)30)13-22-27-20-24-19(23-15-3-5-16(6-4-15)29(31)32)25-21(26-20)28-8-10-34-11-9-28/h2-7,12-13,30H,8-11H2,1H3,(H2,23,24,25,26,27)/b22-13-. The Hall–Kier alpha value is -4.52. The van der Waals surface area contributed by atoms with Crippen molar-refractivity contribution in [3.63, 3.8) is 0 Å². The first kappa shape index (κ1) is 22.7. The van der Waals surface area contributed by atoms with Crippen LogP contribution in [0, 0.1) is 10.1 Å². The zero-order valence-corrected chi connectivity index (χ0v) is 18.2. The first-order valence-electron chi connectivity index (χ1n) is 10.3. The number of hydrogen-bond donors (Lipinski definition) is 3. The SMILES string of the molecule is COc1ccc(/C=N\Nc2nc(Nc3ccc([N+](=O)[O-])cc3)nc(N3CCOCC3)n2)cc1O. The van der Waals surface area contributed by atoms with Crippen molar-refractivity contribution in [2.24, 2.45) is 5.10 Å². The number of aromatic hydroxyl groups is 1. The quantitative estimate of drug-likeness (QED) is 0.254. The molecule has 2 aromatic carbocycles. The van der Waals surface area contributed by atoms with Gasteiger partial charge in [0.2, 0.25) is 17.8 Å². The van der Waals surface area contributed by atoms with E-state index in [0.717, 1.165) is 0 Å². The number of ether oxygens (including phenoxy) is 2. The number of non-ortho nitro benzene ring substituents is 1. The highest BCUT2D eigenvalue weighted by Gasteiger charge is 2.17. The molecule has 1 aliphatic heterocycles. The fourth-order valence-electron chi connectivity index (χ4n) is 3.12. The number of aromatic nitrogens is 3. The lowest BCUT2D eigenvalue weighted by Gasteiger charge is -2.27. The van der Waals surface area contributed by atoms with Gasteiger partial charge in [-0.25, -0.2) is 5.43 Å². The number of nitrogens with zero attached hydrogens (tertiary/aromatic N) is 6. The third-order valence-electron chi connectivity index (χ3n) is 4.83. The number of phenolic OH excluding ortho intramolecular Hbond substituents is 1. The predicted octanol–water partition coefficient (Wildman–Crippen LogP) is 2.52. The molecule has 13 nitrogen and oxygen atoms in total. The third kappa shape index (κ3) is 5.63. The molecule has 0 radical (unpaired) electrons. The Labute approximate surface area is 194 Å². The normalized spacial score (nSPS) is 13.6. The highest BCUT2D eigenvalue weighted by molar-refractivity contribution is 5.81. The molecule has 1 aromatic heterocycles. The van der Waals surface area contributed by atoms with E-state index < -0.39 is 4.92 Å². The van der Waals surface area contributed by atoms with Gasteiger partial charge in [-0.15, -0.1) is 0 Å². The van der Waals surface area contributed by atoms with Crippen LogP contribution >= 0.6 is 0 Å². The fourth-order valence-corrected chi connectivity index (χ4v) is 3.12. The molecule has 0 aliphatic carbocycles. The Morgan fingerprint density at radius 3 is 2.56 bits per heavy atom. The van der Waals surface area contributed by atoms with Gasteiger partial charge in [0.05, 0.1) is 31.5 Å². The van der Waals surface area contributed by atoms with E-state index in [1.165, 1.54) is 31.5 Å². The van der Waals surface area contributed by atoms with Crippen molar-refractivity contribution < 1.29 is 19.5 Å². The van der Waals surface area contributed by atoms with Crippen LogP contribution in [0.1, 0.15) is 5.56 Å². The molecule has 4 rings (SSSR count). The number of morpholine rings is 1. The molecular formula is C21H22N8O5. The van der Waals surface area contributed by atoms with Gasteiger partial charge in [-0.2, -0.15) is 20.1 Å². The second-order valence-electron chi connectivity index (χ2n) is 7.11. The van der Waals surface area contributed by atoms with E-state index in [4.69, 9.17) is 9.47 Å². The van der Waals surface area contributed by atoms with E-state index in [1.807, 2.05) is 4.90 Å². The second kappa shape index (κ2) is 10.4. The summed E-state index contributed by atoms with van der Waals surface area (Å²) < 4.78 is 10.4. The molecule has 0 spiro atoms. The maximum Gasteiger partial charge on any atom is 0.269 e. The summed E-state index contributed by atoms with van der Waals surface area (Å²) in [5, 5.41) is 28.0. The number of nitrogens with one attached hydrogen (secondary N) is 2. The van der Waals surface area contributed by atoms with Gasteiger partial charge in [0.15, 0.2) is 11.5 Å². The van der Waals surface area contributed by atoms with Gasteiger partial charge in [0.25, 0.3) is 5.69 Å². The number of benzene rings is 2. The Morgan fingerprint density at radius 1 is 1.15 bits per heavy atom. The number of hydrazone groups is 1. The van der Waals surface area contributed by atoms with Crippen LogP contribution in [-0.2, 0) is 4.74 Å². The highest BCUT2D eigenvalue weighted by atomic mass is 16.6. The monoisotopic (exact) mass is 466 g/mol. The van der Waals surface area contributed by atoms with Crippen molar-refractivity contribution in [2.45, 2.75) is 0 Å². The minimum atomic E-state index is -0.466. The Morgan fingerprint density at radius 2 is 1.88 bits per heavy atom. The molecule has 34 heavy (non-hydrogen) atoms. The van der Waals surface area contributed by atoms with Gasteiger partial charge in [0.1, 0.15) is 0 Å². The number of nitro benzene ring substituents is 1. The van der Waals surface area contributed by atoms with Crippen LogP contribution in [0.2, 0.25) is 0 Å². The smallest absolute Gasteiger partial charge is 0.269 e. The molecule has 1 fully saturated rings. The van der Waals surface area contributed by atoms with Crippen LogP contribution in [0.15, 0.2) is 47.6 Å². The summed E-state index contributed by atoms with van der Waals surface area (Å²) in [6.45, 7) is 2.35. The topological polar surface area (TPSA) is 160 Å². The molecule has 0 saturated carbocycles. The largest absolute Gasteiger partial charge is 0.504 e. The second-order valence-corrected chi connectivity index (χ2v) is 7.11. The Bertz CT molecular complexity index is 1180. The van der Waals surface area contributed by atoms with Crippen LogP contribution in [0.25, 0.3) is 0 Å². The Kier molecular flexibility index (Phi) is 6.93. The maximum atomic E-state index is 10.9. The lowest BCUT2D eigenvalue weighted by atomic mass is 10.2.